The number of hydrogen-bond acceptors (Lipinski definition) is 3. The summed E-state index contributed by atoms with van der Waals surface area (Å²) >= 11 is 0. The number of para-hydroxylation sites is 1. The van der Waals surface area contributed by atoms with E-state index in [2.05, 4.69) is 36.3 Å². The summed E-state index contributed by atoms with van der Waals surface area (Å²) in [5.41, 5.74) is 1.67. The van der Waals surface area contributed by atoms with Gasteiger partial charge in [0, 0.05) is 25.2 Å². The average molecular weight is 248 g/mol. The molecular formula is C15H24N2O. The van der Waals surface area contributed by atoms with Gasteiger partial charge in [-0.2, -0.15) is 0 Å². The summed E-state index contributed by atoms with van der Waals surface area (Å²) < 4.78 is 5.40. The van der Waals surface area contributed by atoms with E-state index in [-0.39, 0.29) is 0 Å². The maximum Gasteiger partial charge on any atom is 0.123 e. The second-order valence-electron chi connectivity index (χ2n) is 5.72. The van der Waals surface area contributed by atoms with Crippen molar-refractivity contribution in [3.05, 3.63) is 29.8 Å². The Morgan fingerprint density at radius 1 is 1.39 bits per heavy atom. The number of benzene rings is 1. The third kappa shape index (κ3) is 3.24. The third-order valence-electron chi connectivity index (χ3n) is 3.74. The number of nitrogens with one attached hydrogen (secondary N) is 1. The highest BCUT2D eigenvalue weighted by Crippen LogP contribution is 2.26. The van der Waals surface area contributed by atoms with Crippen molar-refractivity contribution >= 4 is 0 Å². The molecule has 0 bridgehead atoms. The van der Waals surface area contributed by atoms with Crippen LogP contribution in [-0.4, -0.2) is 38.7 Å². The van der Waals surface area contributed by atoms with Crippen LogP contribution in [0.3, 0.4) is 0 Å². The lowest BCUT2D eigenvalue weighted by atomic mass is 9.89. The monoisotopic (exact) mass is 248 g/mol. The van der Waals surface area contributed by atoms with Gasteiger partial charge in [0.25, 0.3) is 0 Å². The Morgan fingerprint density at radius 2 is 2.17 bits per heavy atom. The summed E-state index contributed by atoms with van der Waals surface area (Å²) in [6.45, 7) is 6.71. The molecule has 100 valence electrons. The van der Waals surface area contributed by atoms with Crippen LogP contribution < -0.4 is 10.1 Å². The van der Waals surface area contributed by atoms with E-state index in [0.717, 1.165) is 31.9 Å². The molecule has 1 unspecified atom stereocenters. The molecule has 1 aromatic carbocycles. The zero-order chi connectivity index (χ0) is 13.0. The van der Waals surface area contributed by atoms with Gasteiger partial charge in [-0.05, 0) is 31.5 Å². The fourth-order valence-corrected chi connectivity index (χ4v) is 2.84. The van der Waals surface area contributed by atoms with E-state index in [4.69, 9.17) is 4.74 Å². The van der Waals surface area contributed by atoms with E-state index in [1.54, 1.807) is 7.11 Å². The summed E-state index contributed by atoms with van der Waals surface area (Å²) in [5, 5.41) is 3.45. The van der Waals surface area contributed by atoms with Crippen LogP contribution in [0, 0.1) is 5.41 Å². The van der Waals surface area contributed by atoms with E-state index in [9.17, 15) is 0 Å². The van der Waals surface area contributed by atoms with Crippen LogP contribution in [0.25, 0.3) is 0 Å². The van der Waals surface area contributed by atoms with Crippen LogP contribution in [0.1, 0.15) is 18.9 Å². The molecule has 1 saturated heterocycles. The number of nitrogens with zero attached hydrogens (tertiary/aromatic N) is 1. The van der Waals surface area contributed by atoms with Gasteiger partial charge >= 0.3 is 0 Å². The van der Waals surface area contributed by atoms with Gasteiger partial charge in [0.2, 0.25) is 0 Å². The lowest BCUT2D eigenvalue weighted by molar-refractivity contribution is 0.201. The summed E-state index contributed by atoms with van der Waals surface area (Å²) in [6.07, 6.45) is 1.27. The number of hydrogen-bond donors (Lipinski definition) is 1. The van der Waals surface area contributed by atoms with Gasteiger partial charge in [0.15, 0.2) is 0 Å². The van der Waals surface area contributed by atoms with Gasteiger partial charge in [-0.15, -0.1) is 0 Å². The molecule has 1 aliphatic heterocycles. The Hall–Kier alpha value is -1.06. The van der Waals surface area contributed by atoms with E-state index >= 15 is 0 Å². The Bertz CT molecular complexity index is 386. The maximum atomic E-state index is 5.40. The predicted molar refractivity (Wildman–Crippen MR) is 74.9 cm³/mol. The molecule has 0 amide bonds. The fraction of sp³-hybridized carbons (Fsp3) is 0.600. The lowest BCUT2D eigenvalue weighted by Crippen LogP contribution is -2.34. The number of methoxy groups -OCH3 is 1. The molecule has 1 aliphatic rings. The molecule has 1 N–H and O–H groups in total. The van der Waals surface area contributed by atoms with Crippen LogP contribution in [0.4, 0.5) is 0 Å². The molecule has 0 aromatic heterocycles. The van der Waals surface area contributed by atoms with Gasteiger partial charge in [-0.25, -0.2) is 0 Å². The molecule has 18 heavy (non-hydrogen) atoms. The van der Waals surface area contributed by atoms with Gasteiger partial charge in [-0.3, -0.25) is 0 Å². The van der Waals surface area contributed by atoms with Crippen molar-refractivity contribution in [1.29, 1.82) is 0 Å². The van der Waals surface area contributed by atoms with Gasteiger partial charge < -0.3 is 15.0 Å². The van der Waals surface area contributed by atoms with E-state index in [1.165, 1.54) is 12.0 Å². The van der Waals surface area contributed by atoms with Crippen molar-refractivity contribution in [2.75, 3.05) is 33.8 Å². The first-order valence-corrected chi connectivity index (χ1v) is 6.64. The Morgan fingerprint density at radius 3 is 2.83 bits per heavy atom. The predicted octanol–water partition coefficient (Wildman–Crippen LogP) is 2.13. The quantitative estimate of drug-likeness (QED) is 0.864. The minimum absolute atomic E-state index is 0.413. The zero-order valence-corrected chi connectivity index (χ0v) is 11.7. The van der Waals surface area contributed by atoms with Crippen molar-refractivity contribution < 1.29 is 4.74 Å². The van der Waals surface area contributed by atoms with Gasteiger partial charge in [0.1, 0.15) is 5.75 Å². The van der Waals surface area contributed by atoms with Crippen LogP contribution in [0.5, 0.6) is 5.75 Å². The highest BCUT2D eigenvalue weighted by atomic mass is 16.5. The van der Waals surface area contributed by atoms with Gasteiger partial charge in [0.05, 0.1) is 7.11 Å². The van der Waals surface area contributed by atoms with Crippen LogP contribution in [0.15, 0.2) is 24.3 Å². The van der Waals surface area contributed by atoms with E-state index < -0.39 is 0 Å². The SMILES string of the molecule is COc1ccccc1CN(C)CC1(C)CCNC1. The third-order valence-corrected chi connectivity index (χ3v) is 3.74. The topological polar surface area (TPSA) is 24.5 Å². The van der Waals surface area contributed by atoms with Crippen LogP contribution in [-0.2, 0) is 6.54 Å². The highest BCUT2D eigenvalue weighted by molar-refractivity contribution is 5.33. The smallest absolute Gasteiger partial charge is 0.123 e. The zero-order valence-electron chi connectivity index (χ0n) is 11.7. The van der Waals surface area contributed by atoms with Crippen molar-refractivity contribution in [2.45, 2.75) is 19.9 Å². The maximum absolute atomic E-state index is 5.40. The minimum Gasteiger partial charge on any atom is -0.496 e. The van der Waals surface area contributed by atoms with Crippen molar-refractivity contribution in [1.82, 2.24) is 10.2 Å². The molecule has 2 rings (SSSR count). The normalized spacial score (nSPS) is 23.6. The second-order valence-corrected chi connectivity index (χ2v) is 5.72. The first kappa shape index (κ1) is 13.4. The second kappa shape index (κ2) is 5.72. The molecule has 3 nitrogen and oxygen atoms in total. The van der Waals surface area contributed by atoms with Crippen molar-refractivity contribution in [3.8, 4) is 5.75 Å². The summed E-state index contributed by atoms with van der Waals surface area (Å²) in [5.74, 6) is 0.985. The lowest BCUT2D eigenvalue weighted by Gasteiger charge is -2.29. The highest BCUT2D eigenvalue weighted by Gasteiger charge is 2.29. The average Bonchev–Trinajstić information content (AvgIpc) is 2.76. The molecule has 1 heterocycles. The largest absolute Gasteiger partial charge is 0.496 e. The molecule has 1 aromatic rings. The first-order valence-electron chi connectivity index (χ1n) is 6.64. The molecule has 1 fully saturated rings. The molecule has 0 radical (unpaired) electrons. The first-order chi connectivity index (χ1) is 8.63. The fourth-order valence-electron chi connectivity index (χ4n) is 2.84. The Balaban J connectivity index is 1.96. The minimum atomic E-state index is 0.413. The molecule has 3 heteroatoms. The molecule has 0 saturated carbocycles. The standard InChI is InChI=1S/C15H24N2O/c1-15(8-9-16-11-15)12-17(2)10-13-6-4-5-7-14(13)18-3/h4-7,16H,8-12H2,1-3H3. The van der Waals surface area contributed by atoms with E-state index in [0.29, 0.717) is 5.41 Å². The molecule has 0 spiro atoms. The summed E-state index contributed by atoms with van der Waals surface area (Å²) in [7, 11) is 3.93. The molecular weight excluding hydrogens is 224 g/mol. The molecule has 1 atom stereocenters. The number of ether oxygens (including phenoxy) is 1. The van der Waals surface area contributed by atoms with E-state index in [1.807, 2.05) is 12.1 Å². The van der Waals surface area contributed by atoms with Crippen molar-refractivity contribution in [3.63, 3.8) is 0 Å². The van der Waals surface area contributed by atoms with Crippen molar-refractivity contribution in [2.24, 2.45) is 5.41 Å². The Labute approximate surface area is 110 Å². The van der Waals surface area contributed by atoms with Gasteiger partial charge in [-0.1, -0.05) is 25.1 Å². The summed E-state index contributed by atoms with van der Waals surface area (Å²) in [4.78, 5) is 2.39. The molecule has 0 aliphatic carbocycles. The number of rotatable bonds is 5. The van der Waals surface area contributed by atoms with Crippen LogP contribution >= 0.6 is 0 Å². The Kier molecular flexibility index (Phi) is 4.25. The van der Waals surface area contributed by atoms with Crippen LogP contribution in [0.2, 0.25) is 0 Å². The summed E-state index contributed by atoms with van der Waals surface area (Å²) in [6, 6.07) is 8.27.